The van der Waals surface area contributed by atoms with Crippen molar-refractivity contribution in [1.29, 1.82) is 0 Å². The molecule has 1 atom stereocenters. The van der Waals surface area contributed by atoms with Crippen LogP contribution in [-0.2, 0) is 11.3 Å². The second-order valence-electron chi connectivity index (χ2n) is 7.19. The number of benzene rings is 2. The van der Waals surface area contributed by atoms with Crippen LogP contribution in [-0.4, -0.2) is 60.5 Å². The molecule has 0 radical (unpaired) electrons. The number of fused-ring (bicyclic) bond motifs is 1. The number of carbonyl (C=O) groups is 2. The molecule has 7 nitrogen and oxygen atoms in total. The minimum atomic E-state index is -0.679. The van der Waals surface area contributed by atoms with Crippen LogP contribution in [0, 0.1) is 5.82 Å². The number of ether oxygens (including phenoxy) is 2. The third-order valence-electron chi connectivity index (χ3n) is 5.47. The summed E-state index contributed by atoms with van der Waals surface area (Å²) in [6.07, 6.45) is 0.673. The number of carbonyl (C=O) groups excluding carboxylic acids is 2. The molecule has 4 rings (SSSR count). The van der Waals surface area contributed by atoms with Gasteiger partial charge in [0.25, 0.3) is 5.91 Å². The first-order chi connectivity index (χ1) is 14.5. The van der Waals surface area contributed by atoms with E-state index in [0.29, 0.717) is 31.9 Å². The summed E-state index contributed by atoms with van der Waals surface area (Å²) in [6, 6.07) is 11.4. The van der Waals surface area contributed by atoms with Crippen LogP contribution in [0.1, 0.15) is 22.3 Å². The van der Waals surface area contributed by atoms with Gasteiger partial charge >= 0.3 is 6.03 Å². The first kappa shape index (κ1) is 20.0. The summed E-state index contributed by atoms with van der Waals surface area (Å²) in [5, 5.41) is 2.41. The third-order valence-corrected chi connectivity index (χ3v) is 5.47. The van der Waals surface area contributed by atoms with Gasteiger partial charge in [-0.05, 0) is 29.8 Å². The number of hydrogen-bond donors (Lipinski definition) is 1. The van der Waals surface area contributed by atoms with E-state index in [4.69, 9.17) is 9.47 Å². The number of halogens is 1. The Morgan fingerprint density at radius 3 is 2.73 bits per heavy atom. The zero-order valence-electron chi connectivity index (χ0n) is 16.9. The molecule has 0 spiro atoms. The van der Waals surface area contributed by atoms with Gasteiger partial charge in [-0.3, -0.25) is 4.79 Å². The standard InChI is InChI=1S/C22H22FN3O4/c1-24-21(27)17-8-5-15(11-18(17)23)26-20-13-30-10-9-19(20)25(22(26)28)12-14-3-6-16(29-2)7-4-14/h3-8,11,19H,9-10,12-13H2,1-2H3/p+1. The van der Waals surface area contributed by atoms with Gasteiger partial charge in [0.05, 0.1) is 19.3 Å². The van der Waals surface area contributed by atoms with Crippen molar-refractivity contribution in [1.82, 2.24) is 10.2 Å². The fraction of sp³-hybridized carbons (Fsp3) is 0.318. The highest BCUT2D eigenvalue weighted by Crippen LogP contribution is 2.29. The van der Waals surface area contributed by atoms with Gasteiger partial charge < -0.3 is 14.8 Å². The average Bonchev–Trinajstić information content (AvgIpc) is 3.05. The van der Waals surface area contributed by atoms with Crippen molar-refractivity contribution in [3.63, 3.8) is 0 Å². The van der Waals surface area contributed by atoms with Gasteiger partial charge in [0.2, 0.25) is 0 Å². The van der Waals surface area contributed by atoms with E-state index < -0.39 is 11.7 Å². The molecule has 0 aromatic heterocycles. The van der Waals surface area contributed by atoms with Crippen molar-refractivity contribution in [3.05, 3.63) is 59.4 Å². The largest absolute Gasteiger partial charge is 0.499 e. The summed E-state index contributed by atoms with van der Waals surface area (Å²) >= 11 is 0. The Balaban J connectivity index is 1.66. The van der Waals surface area contributed by atoms with E-state index in [1.807, 2.05) is 24.3 Å². The third kappa shape index (κ3) is 3.54. The topological polar surface area (TPSA) is 70.9 Å². The summed E-state index contributed by atoms with van der Waals surface area (Å²) in [5.74, 6) is -0.445. The van der Waals surface area contributed by atoms with Crippen LogP contribution < -0.4 is 10.1 Å². The summed E-state index contributed by atoms with van der Waals surface area (Å²) in [4.78, 5) is 26.9. The molecule has 0 aliphatic carbocycles. The molecule has 0 saturated carbocycles. The van der Waals surface area contributed by atoms with Crippen molar-refractivity contribution in [2.24, 2.45) is 0 Å². The Hall–Kier alpha value is -3.26. The lowest BCUT2D eigenvalue weighted by Crippen LogP contribution is -2.41. The molecule has 1 saturated heterocycles. The number of hydrogen-bond acceptors (Lipinski definition) is 4. The highest BCUT2D eigenvalue weighted by Gasteiger charge is 2.49. The van der Waals surface area contributed by atoms with E-state index >= 15 is 0 Å². The van der Waals surface area contributed by atoms with Crippen molar-refractivity contribution >= 4 is 23.3 Å². The minimum Gasteiger partial charge on any atom is -0.497 e. The zero-order valence-corrected chi connectivity index (χ0v) is 16.9. The monoisotopic (exact) mass is 412 g/mol. The highest BCUT2D eigenvalue weighted by molar-refractivity contribution is 5.99. The molecule has 30 heavy (non-hydrogen) atoms. The van der Waals surface area contributed by atoms with Crippen LogP contribution in [0.25, 0.3) is 0 Å². The lowest BCUT2D eigenvalue weighted by molar-refractivity contribution is -0.335. The van der Waals surface area contributed by atoms with Gasteiger partial charge in [-0.1, -0.05) is 12.1 Å². The predicted octanol–water partition coefficient (Wildman–Crippen LogP) is 2.70. The second kappa shape index (κ2) is 8.23. The van der Waals surface area contributed by atoms with Gasteiger partial charge in [0.15, 0.2) is 11.8 Å². The second-order valence-corrected chi connectivity index (χ2v) is 7.19. The predicted molar refractivity (Wildman–Crippen MR) is 108 cm³/mol. The Morgan fingerprint density at radius 2 is 2.07 bits per heavy atom. The Kier molecular flexibility index (Phi) is 5.50. The molecule has 0 bridgehead atoms. The molecule has 156 valence electrons. The molecular formula is C22H23FN3O4+. The number of methoxy groups -OCH3 is 1. The molecule has 2 aromatic rings. The maximum absolute atomic E-state index is 14.5. The number of nitrogens with one attached hydrogen (secondary N) is 1. The van der Waals surface area contributed by atoms with Crippen molar-refractivity contribution in [2.45, 2.75) is 19.0 Å². The van der Waals surface area contributed by atoms with Crippen LogP contribution >= 0.6 is 0 Å². The lowest BCUT2D eigenvalue weighted by atomic mass is 10.1. The van der Waals surface area contributed by atoms with Crippen molar-refractivity contribution < 1.29 is 28.0 Å². The van der Waals surface area contributed by atoms with E-state index in [1.54, 1.807) is 18.1 Å². The number of urea groups is 1. The summed E-state index contributed by atoms with van der Waals surface area (Å²) in [6.45, 7) is 1.28. The zero-order chi connectivity index (χ0) is 21.3. The molecule has 8 heteroatoms. The number of nitrogens with zero attached hydrogens (tertiary/aromatic N) is 2. The maximum atomic E-state index is 14.5. The first-order valence-electron chi connectivity index (χ1n) is 9.72. The van der Waals surface area contributed by atoms with Gasteiger partial charge in [0.1, 0.15) is 30.4 Å². The van der Waals surface area contributed by atoms with E-state index in [-0.39, 0.29) is 17.6 Å². The van der Waals surface area contributed by atoms with Crippen LogP contribution in [0.15, 0.2) is 42.5 Å². The quantitative estimate of drug-likeness (QED) is 0.767. The maximum Gasteiger partial charge on any atom is 0.499 e. The van der Waals surface area contributed by atoms with Gasteiger partial charge in [0, 0.05) is 19.5 Å². The first-order valence-corrected chi connectivity index (χ1v) is 9.72. The van der Waals surface area contributed by atoms with Crippen LogP contribution in [0.5, 0.6) is 5.75 Å². The Bertz CT molecular complexity index is 1020. The van der Waals surface area contributed by atoms with Crippen LogP contribution in [0.3, 0.4) is 0 Å². The van der Waals surface area contributed by atoms with Crippen LogP contribution in [0.4, 0.5) is 14.9 Å². The lowest BCUT2D eigenvalue weighted by Gasteiger charge is -2.21. The summed E-state index contributed by atoms with van der Waals surface area (Å²) in [7, 11) is 3.05. The number of rotatable bonds is 5. The van der Waals surface area contributed by atoms with Gasteiger partial charge in [-0.25, -0.2) is 9.29 Å². The molecular weight excluding hydrogens is 389 g/mol. The smallest absolute Gasteiger partial charge is 0.497 e. The Labute approximate surface area is 173 Å². The number of amides is 3. The molecule has 2 aliphatic heterocycles. The Morgan fingerprint density at radius 1 is 1.30 bits per heavy atom. The minimum absolute atomic E-state index is 0.0653. The van der Waals surface area contributed by atoms with Gasteiger partial charge in [-0.15, -0.1) is 0 Å². The normalized spacial score (nSPS) is 18.4. The van der Waals surface area contributed by atoms with Crippen LogP contribution in [0.2, 0.25) is 0 Å². The van der Waals surface area contributed by atoms with Gasteiger partial charge in [-0.2, -0.15) is 9.37 Å². The molecule has 3 amide bonds. The fourth-order valence-electron chi connectivity index (χ4n) is 3.91. The SMILES string of the molecule is CNC(=O)c1ccc([N+]2=C3COCCC3N(Cc3ccc(OC)cc3)C2=O)cc1F. The molecule has 1 N–H and O–H groups in total. The molecule has 2 aromatic carbocycles. The molecule has 1 unspecified atom stereocenters. The molecule has 2 aliphatic rings. The van der Waals surface area contributed by atoms with Crippen molar-refractivity contribution in [2.75, 3.05) is 27.4 Å². The highest BCUT2D eigenvalue weighted by atomic mass is 19.1. The molecule has 2 heterocycles. The summed E-state index contributed by atoms with van der Waals surface area (Å²) < 4.78 is 26.8. The van der Waals surface area contributed by atoms with E-state index in [9.17, 15) is 14.0 Å². The summed E-state index contributed by atoms with van der Waals surface area (Å²) in [5.41, 5.74) is 2.07. The van der Waals surface area contributed by atoms with E-state index in [2.05, 4.69) is 5.32 Å². The van der Waals surface area contributed by atoms with Crippen molar-refractivity contribution in [3.8, 4) is 5.75 Å². The molecule has 1 fully saturated rings. The van der Waals surface area contributed by atoms with E-state index in [1.165, 1.54) is 23.8 Å². The average molecular weight is 412 g/mol. The fourth-order valence-corrected chi connectivity index (χ4v) is 3.91. The van der Waals surface area contributed by atoms with E-state index in [0.717, 1.165) is 17.0 Å².